The molecule has 0 spiro atoms. The zero-order valence-corrected chi connectivity index (χ0v) is 24.4. The average molecular weight is 622 g/mol. The van der Waals surface area contributed by atoms with Crippen LogP contribution in [0.4, 0.5) is 0 Å². The van der Waals surface area contributed by atoms with Crippen LogP contribution in [0.5, 0.6) is 0 Å². The Morgan fingerprint density at radius 3 is 2.38 bits per heavy atom. The van der Waals surface area contributed by atoms with E-state index in [0.717, 1.165) is 30.3 Å². The molecular weight excluding hydrogens is 579 g/mol. The molecule has 9 N–H and O–H groups in total. The van der Waals surface area contributed by atoms with Crippen LogP contribution in [0.25, 0.3) is 11.0 Å². The van der Waals surface area contributed by atoms with Gasteiger partial charge in [0, 0.05) is 22.5 Å². The SMILES string of the molecule is C[C@@H](C(=O)[C@H]1CC[C@@]2(N)[C@]3(N)CC[C@]4(N)C[C@](C)(O)CCC4(N)[C@@]3(I)CC[C@]12C)n1[n-]c2ccccc21. The predicted octanol–water partition coefficient (Wildman–Crippen LogP) is 2.63. The van der Waals surface area contributed by atoms with Gasteiger partial charge in [0.15, 0.2) is 5.78 Å². The molecule has 4 aliphatic rings. The highest BCUT2D eigenvalue weighted by atomic mass is 127. The smallest absolute Gasteiger partial charge is 0.157 e. The number of hydrogen-bond donors (Lipinski definition) is 5. The summed E-state index contributed by atoms with van der Waals surface area (Å²) in [5.74, 6) is 0.00000340. The molecule has 9 atom stereocenters. The van der Waals surface area contributed by atoms with Gasteiger partial charge in [-0.3, -0.25) is 4.79 Å². The lowest BCUT2D eigenvalue weighted by molar-refractivity contribution is -0.140. The Morgan fingerprint density at radius 1 is 1.00 bits per heavy atom. The number of Topliss-reactive ketones (excluding diaryl/α,β-unsaturated/α-hetero) is 1. The molecule has 8 nitrogen and oxygen atoms in total. The minimum absolute atomic E-state index is 0.192. The Kier molecular flexibility index (Phi) is 5.39. The first kappa shape index (κ1) is 26.3. The van der Waals surface area contributed by atoms with Crippen LogP contribution in [0.3, 0.4) is 0 Å². The summed E-state index contributed by atoms with van der Waals surface area (Å²) in [6, 6.07) is 7.57. The molecule has 37 heavy (non-hydrogen) atoms. The zero-order valence-electron chi connectivity index (χ0n) is 22.3. The number of nitrogens with zero attached hydrogens (tertiary/aromatic N) is 2. The van der Waals surface area contributed by atoms with Gasteiger partial charge in [-0.15, -0.1) is 5.52 Å². The first-order valence-corrected chi connectivity index (χ1v) is 14.9. The third-order valence-electron chi connectivity index (χ3n) is 11.9. The van der Waals surface area contributed by atoms with Crippen LogP contribution in [0.2, 0.25) is 0 Å². The third-order valence-corrected chi connectivity index (χ3v) is 14.4. The van der Waals surface area contributed by atoms with E-state index in [4.69, 9.17) is 22.9 Å². The number of hydrogen-bond acceptors (Lipinski definition) is 6. The number of ketones is 1. The molecule has 0 aliphatic heterocycles. The molecule has 9 heteroatoms. The molecule has 1 aromatic carbocycles. The molecule has 2 aromatic rings. The summed E-state index contributed by atoms with van der Waals surface area (Å²) in [4.78, 5) is 14.1. The number of carbonyl (C=O) groups excluding carboxylic acids is 1. The number of carbonyl (C=O) groups is 1. The molecule has 0 radical (unpaired) electrons. The van der Waals surface area contributed by atoms with Crippen molar-refractivity contribution < 1.29 is 9.90 Å². The predicted molar refractivity (Wildman–Crippen MR) is 153 cm³/mol. The molecule has 1 aromatic heterocycles. The first-order valence-electron chi connectivity index (χ1n) is 13.8. The molecule has 4 fully saturated rings. The van der Waals surface area contributed by atoms with E-state index in [9.17, 15) is 9.90 Å². The monoisotopic (exact) mass is 621 g/mol. The summed E-state index contributed by atoms with van der Waals surface area (Å²) < 4.78 is 1.32. The summed E-state index contributed by atoms with van der Waals surface area (Å²) in [6.45, 7) is 6.02. The van der Waals surface area contributed by atoms with Crippen LogP contribution in [0.15, 0.2) is 24.3 Å². The Morgan fingerprint density at radius 2 is 1.68 bits per heavy atom. The van der Waals surface area contributed by atoms with Gasteiger partial charge >= 0.3 is 0 Å². The topological polar surface area (TPSA) is 160 Å². The van der Waals surface area contributed by atoms with Gasteiger partial charge in [-0.2, -0.15) is 0 Å². The second kappa shape index (κ2) is 7.60. The molecule has 6 rings (SSSR count). The first-order chi connectivity index (χ1) is 17.1. The fourth-order valence-corrected chi connectivity index (χ4v) is 11.3. The lowest BCUT2D eigenvalue weighted by Gasteiger charge is -2.75. The van der Waals surface area contributed by atoms with Crippen LogP contribution in [0, 0.1) is 11.3 Å². The van der Waals surface area contributed by atoms with Gasteiger partial charge in [-0.25, -0.2) is 0 Å². The second-order valence-electron chi connectivity index (χ2n) is 13.6. The third kappa shape index (κ3) is 2.94. The number of rotatable bonds is 3. The maximum atomic E-state index is 14.1. The van der Waals surface area contributed by atoms with E-state index >= 15 is 0 Å². The van der Waals surface area contributed by atoms with Gasteiger partial charge < -0.3 is 37.8 Å². The molecule has 1 heterocycles. The van der Waals surface area contributed by atoms with E-state index in [1.807, 2.05) is 42.8 Å². The number of para-hydroxylation sites is 1. The molecule has 4 aliphatic carbocycles. The van der Waals surface area contributed by atoms with E-state index in [0.29, 0.717) is 38.5 Å². The Bertz CT molecular complexity index is 1270. The highest BCUT2D eigenvalue weighted by Crippen LogP contribution is 2.71. The number of aromatic nitrogens is 2. The summed E-state index contributed by atoms with van der Waals surface area (Å²) in [5.41, 5.74) is 27.2. The number of aliphatic hydroxyl groups is 1. The van der Waals surface area contributed by atoms with Crippen molar-refractivity contribution >= 4 is 39.4 Å². The normalized spacial score (nSPS) is 50.4. The van der Waals surface area contributed by atoms with Crippen LogP contribution in [-0.2, 0) is 4.79 Å². The van der Waals surface area contributed by atoms with E-state index in [2.05, 4.69) is 34.6 Å². The lowest BCUT2D eigenvalue weighted by atomic mass is 9.39. The maximum Gasteiger partial charge on any atom is 0.157 e. The number of alkyl halides is 1. The Balaban J connectivity index is 1.36. The van der Waals surface area contributed by atoms with E-state index in [-0.39, 0.29) is 17.7 Å². The highest BCUT2D eigenvalue weighted by Gasteiger charge is 2.80. The van der Waals surface area contributed by atoms with Crippen molar-refractivity contribution in [2.24, 2.45) is 34.3 Å². The fourth-order valence-electron chi connectivity index (χ4n) is 9.46. The Labute approximate surface area is 232 Å². The van der Waals surface area contributed by atoms with Crippen LogP contribution in [0.1, 0.15) is 84.6 Å². The molecule has 0 saturated heterocycles. The van der Waals surface area contributed by atoms with Gasteiger partial charge in [0.2, 0.25) is 0 Å². The summed E-state index contributed by atoms with van der Waals surface area (Å²) in [7, 11) is 0. The number of fused-ring (bicyclic) bond motifs is 6. The van der Waals surface area contributed by atoms with Crippen molar-refractivity contribution in [3.63, 3.8) is 0 Å². The van der Waals surface area contributed by atoms with E-state index in [1.165, 1.54) is 0 Å². The van der Waals surface area contributed by atoms with Gasteiger partial charge in [-0.05, 0) is 83.1 Å². The number of benzene rings is 1. The highest BCUT2D eigenvalue weighted by molar-refractivity contribution is 14.1. The summed E-state index contributed by atoms with van der Waals surface area (Å²) in [5, 5.41) is 15.5. The van der Waals surface area contributed by atoms with Crippen molar-refractivity contribution in [2.45, 2.75) is 116 Å². The standard InChI is InChI=1S/C28H42IN6O2/c1-17(35-20-7-5-4-6-19(20)34-35)21(36)18-8-9-26(31)23(18,3)11-13-25(29)27(32)14-10-22(2,37)16-24(27,30)12-15-28(25,26)33/h4-7,17-18,37H,8-16,30-33H2,1-3H3/q-1/t17-,18+,22+,23+,24-,25-,26-,27?,28-/m0/s1. The van der Waals surface area contributed by atoms with Crippen LogP contribution < -0.4 is 28.0 Å². The minimum atomic E-state index is -0.829. The Hall–Kier alpha value is -0.980. The van der Waals surface area contributed by atoms with Gasteiger partial charge in [-0.1, -0.05) is 47.7 Å². The molecule has 0 bridgehead atoms. The van der Waals surface area contributed by atoms with Gasteiger partial charge in [0.25, 0.3) is 0 Å². The fraction of sp³-hybridized carbons (Fsp3) is 0.750. The van der Waals surface area contributed by atoms with Crippen molar-refractivity contribution in [1.29, 1.82) is 0 Å². The van der Waals surface area contributed by atoms with Crippen LogP contribution in [-0.4, -0.2) is 46.8 Å². The minimum Gasteiger partial charge on any atom is -0.593 e. The molecule has 4 saturated carbocycles. The van der Waals surface area contributed by atoms with Crippen molar-refractivity contribution in [2.75, 3.05) is 0 Å². The van der Waals surface area contributed by atoms with Crippen molar-refractivity contribution in [3.05, 3.63) is 24.3 Å². The van der Waals surface area contributed by atoms with Gasteiger partial charge in [0.1, 0.15) is 0 Å². The summed E-state index contributed by atoms with van der Waals surface area (Å²) >= 11 is 2.51. The number of nitrogens with two attached hydrogens (primary N) is 4. The van der Waals surface area contributed by atoms with E-state index < -0.39 is 36.6 Å². The lowest BCUT2D eigenvalue weighted by Crippen LogP contribution is -2.93. The van der Waals surface area contributed by atoms with Gasteiger partial charge in [0.05, 0.1) is 26.1 Å². The number of halogens is 1. The van der Waals surface area contributed by atoms with Crippen molar-refractivity contribution in [3.8, 4) is 0 Å². The molecular formula is C28H42IN6O2-. The van der Waals surface area contributed by atoms with Crippen molar-refractivity contribution in [1.82, 2.24) is 9.78 Å². The average Bonchev–Trinajstić information content (AvgIpc) is 3.10. The van der Waals surface area contributed by atoms with E-state index in [1.54, 1.807) is 0 Å². The molecule has 204 valence electrons. The second-order valence-corrected chi connectivity index (χ2v) is 15.4. The zero-order chi connectivity index (χ0) is 26.9. The maximum absolute atomic E-state index is 14.1. The van der Waals surface area contributed by atoms with Crippen LogP contribution >= 0.6 is 22.6 Å². The molecule has 0 amide bonds. The quantitative estimate of drug-likeness (QED) is 0.260. The largest absolute Gasteiger partial charge is 0.593 e. The molecule has 1 unspecified atom stereocenters. The summed E-state index contributed by atoms with van der Waals surface area (Å²) in [6.07, 6.45) is 5.86.